The molecule has 0 amide bonds. The minimum absolute atomic E-state index is 0.315. The number of hydrogen-bond acceptors (Lipinski definition) is 4. The Balaban J connectivity index is 0.000000451. The summed E-state index contributed by atoms with van der Waals surface area (Å²) in [6, 6.07) is 12.9. The first-order valence-electron chi connectivity index (χ1n) is 7.12. The Morgan fingerprint density at radius 1 is 1.12 bits per heavy atom. The molecule has 1 N–H and O–H groups in total. The van der Waals surface area contributed by atoms with E-state index in [2.05, 4.69) is 0 Å². The molecule has 0 fully saturated rings. The number of halogens is 2. The van der Waals surface area contributed by atoms with Crippen LogP contribution in [0.3, 0.4) is 0 Å². The molecule has 2 aromatic carbocycles. The Labute approximate surface area is 157 Å². The summed E-state index contributed by atoms with van der Waals surface area (Å²) in [5.41, 5.74) is 2.00. The van der Waals surface area contributed by atoms with Crippen molar-refractivity contribution in [2.75, 3.05) is 25.6 Å². The van der Waals surface area contributed by atoms with Crippen LogP contribution in [0.4, 0.5) is 5.69 Å². The highest BCUT2D eigenvalue weighted by molar-refractivity contribution is 6.41. The molecular formula is C18H21Cl2NO4. The van der Waals surface area contributed by atoms with Crippen molar-refractivity contribution in [2.45, 2.75) is 6.92 Å². The van der Waals surface area contributed by atoms with E-state index in [0.29, 0.717) is 15.8 Å². The fourth-order valence-electron chi connectivity index (χ4n) is 1.69. The van der Waals surface area contributed by atoms with Crippen molar-refractivity contribution in [1.82, 2.24) is 0 Å². The average Bonchev–Trinajstić information content (AvgIpc) is 2.59. The van der Waals surface area contributed by atoms with Gasteiger partial charge in [0, 0.05) is 14.1 Å². The molecular weight excluding hydrogens is 365 g/mol. The third-order valence-electron chi connectivity index (χ3n) is 2.77. The number of hydrogen-bond donors (Lipinski definition) is 1. The van der Waals surface area contributed by atoms with Gasteiger partial charge in [0.25, 0.3) is 0 Å². The summed E-state index contributed by atoms with van der Waals surface area (Å²) in [7, 11) is 3.76. The van der Waals surface area contributed by atoms with Gasteiger partial charge < -0.3 is 19.5 Å². The second-order valence-electron chi connectivity index (χ2n) is 4.96. The van der Waals surface area contributed by atoms with E-state index in [4.69, 9.17) is 37.8 Å². The number of benzene rings is 2. The number of carbonyl (C=O) groups excluding carboxylic acids is 1. The molecule has 2 aromatic rings. The summed E-state index contributed by atoms with van der Waals surface area (Å²) in [5, 5.41) is 9.70. The Kier molecular flexibility index (Phi) is 11.1. The molecule has 0 aliphatic heterocycles. The van der Waals surface area contributed by atoms with Crippen LogP contribution in [-0.4, -0.2) is 38.6 Å². The monoisotopic (exact) mass is 385 g/mol. The van der Waals surface area contributed by atoms with Crippen LogP contribution >= 0.6 is 23.2 Å². The summed E-state index contributed by atoms with van der Waals surface area (Å²) < 4.78 is 5.12. The lowest BCUT2D eigenvalue weighted by Gasteiger charge is -2.16. The van der Waals surface area contributed by atoms with Gasteiger partial charge >= 0.3 is 5.97 Å². The van der Waals surface area contributed by atoms with Gasteiger partial charge in [0.05, 0.1) is 15.7 Å². The molecule has 0 unspecified atom stereocenters. The molecule has 7 heteroatoms. The number of aryl methyl sites for hydroxylation is 1. The summed E-state index contributed by atoms with van der Waals surface area (Å²) in [5.74, 6) is -0.390. The lowest BCUT2D eigenvalue weighted by Crippen LogP contribution is -2.14. The summed E-state index contributed by atoms with van der Waals surface area (Å²) in [4.78, 5) is 20.2. The molecule has 0 atom stereocenters. The number of carbonyl (C=O) groups is 2. The maximum Gasteiger partial charge on any atom is 0.341 e. The van der Waals surface area contributed by atoms with Gasteiger partial charge in [-0.3, -0.25) is 0 Å². The van der Waals surface area contributed by atoms with E-state index in [0.717, 1.165) is 11.3 Å². The smallest absolute Gasteiger partial charge is 0.341 e. The predicted molar refractivity (Wildman–Crippen MR) is 102 cm³/mol. The van der Waals surface area contributed by atoms with Gasteiger partial charge in [-0.1, -0.05) is 41.4 Å². The molecule has 0 aliphatic rings. The SMILES string of the molecule is C=O.CN(C)c1ccccc1OCC(=O)O.Cc1ccc(Cl)c(Cl)c1. The number of carboxylic acid groups (broad SMARTS) is 1. The summed E-state index contributed by atoms with van der Waals surface area (Å²) in [6.45, 7) is 3.66. The van der Waals surface area contributed by atoms with E-state index in [-0.39, 0.29) is 6.61 Å². The van der Waals surface area contributed by atoms with Crippen LogP contribution in [0.2, 0.25) is 10.0 Å². The van der Waals surface area contributed by atoms with Crippen LogP contribution in [0.25, 0.3) is 0 Å². The van der Waals surface area contributed by atoms with Crippen LogP contribution in [0.1, 0.15) is 5.56 Å². The highest BCUT2D eigenvalue weighted by Gasteiger charge is 2.05. The van der Waals surface area contributed by atoms with Gasteiger partial charge in [-0.15, -0.1) is 0 Å². The van der Waals surface area contributed by atoms with Crippen molar-refractivity contribution in [1.29, 1.82) is 0 Å². The third-order valence-corrected chi connectivity index (χ3v) is 3.51. The maximum absolute atomic E-state index is 10.3. The largest absolute Gasteiger partial charge is 0.480 e. The number of aliphatic carboxylic acids is 1. The van der Waals surface area contributed by atoms with Gasteiger partial charge in [0.15, 0.2) is 6.61 Å². The van der Waals surface area contributed by atoms with Gasteiger partial charge in [0.2, 0.25) is 0 Å². The van der Waals surface area contributed by atoms with Crippen molar-refractivity contribution in [2.24, 2.45) is 0 Å². The van der Waals surface area contributed by atoms with Crippen LogP contribution in [0.15, 0.2) is 42.5 Å². The van der Waals surface area contributed by atoms with Gasteiger partial charge in [-0.2, -0.15) is 0 Å². The van der Waals surface area contributed by atoms with Crippen LogP contribution < -0.4 is 9.64 Å². The van der Waals surface area contributed by atoms with E-state index in [1.54, 1.807) is 12.1 Å². The standard InChI is InChI=1S/C10H13NO3.C7H6Cl2.CH2O/c1-11(2)8-5-3-4-6-9(8)14-7-10(12)13;1-5-2-3-6(8)7(9)4-5;1-2/h3-6H,7H2,1-2H3,(H,12,13);2-4H,1H3;1H2. The summed E-state index contributed by atoms with van der Waals surface area (Å²) in [6.07, 6.45) is 0. The molecule has 0 heterocycles. The number of anilines is 1. The first-order chi connectivity index (χ1) is 11.8. The van der Waals surface area contributed by atoms with Crippen molar-refractivity contribution in [3.05, 3.63) is 58.1 Å². The van der Waals surface area contributed by atoms with E-state index >= 15 is 0 Å². The number of ether oxygens (including phenoxy) is 1. The number of carboxylic acids is 1. The number of rotatable bonds is 4. The molecule has 0 spiro atoms. The Morgan fingerprint density at radius 2 is 1.72 bits per heavy atom. The minimum atomic E-state index is -0.974. The van der Waals surface area contributed by atoms with E-state index in [1.807, 2.05) is 63.0 Å². The topological polar surface area (TPSA) is 66.8 Å². The molecule has 136 valence electrons. The number of nitrogens with zero attached hydrogens (tertiary/aromatic N) is 1. The number of para-hydroxylation sites is 2. The van der Waals surface area contributed by atoms with E-state index in [1.165, 1.54) is 0 Å². The highest BCUT2D eigenvalue weighted by Crippen LogP contribution is 2.25. The zero-order valence-corrected chi connectivity index (χ0v) is 15.8. The normalized spacial score (nSPS) is 9.00. The van der Waals surface area contributed by atoms with Crippen LogP contribution in [0, 0.1) is 6.92 Å². The molecule has 0 aliphatic carbocycles. The van der Waals surface area contributed by atoms with Gasteiger partial charge in [-0.25, -0.2) is 4.79 Å². The van der Waals surface area contributed by atoms with Crippen molar-refractivity contribution in [3.63, 3.8) is 0 Å². The zero-order valence-electron chi connectivity index (χ0n) is 14.3. The quantitative estimate of drug-likeness (QED) is 0.847. The van der Waals surface area contributed by atoms with Crippen LogP contribution in [0.5, 0.6) is 5.75 Å². The van der Waals surface area contributed by atoms with Crippen molar-refractivity contribution >= 4 is 41.6 Å². The minimum Gasteiger partial charge on any atom is -0.480 e. The predicted octanol–water partition coefficient (Wildman–Crippen LogP) is 4.33. The Morgan fingerprint density at radius 3 is 2.20 bits per heavy atom. The fraction of sp³-hybridized carbons (Fsp3) is 0.222. The lowest BCUT2D eigenvalue weighted by molar-refractivity contribution is -0.139. The van der Waals surface area contributed by atoms with E-state index in [9.17, 15) is 4.79 Å². The Bertz CT molecular complexity index is 678. The van der Waals surface area contributed by atoms with Gasteiger partial charge in [-0.05, 0) is 36.8 Å². The molecule has 0 aromatic heterocycles. The lowest BCUT2D eigenvalue weighted by atomic mass is 10.2. The van der Waals surface area contributed by atoms with Gasteiger partial charge in [0.1, 0.15) is 12.5 Å². The molecule has 5 nitrogen and oxygen atoms in total. The first-order valence-corrected chi connectivity index (χ1v) is 7.88. The zero-order chi connectivity index (χ0) is 19.4. The molecule has 0 saturated carbocycles. The Hall–Kier alpha value is -2.24. The third kappa shape index (κ3) is 8.98. The average molecular weight is 386 g/mol. The highest BCUT2D eigenvalue weighted by atomic mass is 35.5. The molecule has 0 radical (unpaired) electrons. The van der Waals surface area contributed by atoms with E-state index < -0.39 is 5.97 Å². The second kappa shape index (κ2) is 12.2. The molecule has 0 bridgehead atoms. The molecule has 2 rings (SSSR count). The fourth-order valence-corrected chi connectivity index (χ4v) is 2.04. The second-order valence-corrected chi connectivity index (χ2v) is 5.78. The van der Waals surface area contributed by atoms with Crippen LogP contribution in [-0.2, 0) is 9.59 Å². The molecule has 25 heavy (non-hydrogen) atoms. The first kappa shape index (κ1) is 22.8. The van der Waals surface area contributed by atoms with Crippen molar-refractivity contribution < 1.29 is 19.4 Å². The summed E-state index contributed by atoms with van der Waals surface area (Å²) >= 11 is 11.3. The maximum atomic E-state index is 10.3. The molecule has 0 saturated heterocycles. The van der Waals surface area contributed by atoms with Crippen molar-refractivity contribution in [3.8, 4) is 5.75 Å².